The maximum atomic E-state index is 9.29. The first-order chi connectivity index (χ1) is 10.6. The third kappa shape index (κ3) is 4.82. The van der Waals surface area contributed by atoms with Crippen LogP contribution < -0.4 is 4.74 Å². The highest BCUT2D eigenvalue weighted by atomic mass is 16.5. The molecule has 6 nitrogen and oxygen atoms in total. The van der Waals surface area contributed by atoms with E-state index in [0.717, 1.165) is 24.3 Å². The quantitative estimate of drug-likeness (QED) is 0.807. The molecule has 120 valence electrons. The summed E-state index contributed by atoms with van der Waals surface area (Å²) in [6, 6.07) is 7.61. The lowest BCUT2D eigenvalue weighted by atomic mass is 10.2. The van der Waals surface area contributed by atoms with Crippen molar-refractivity contribution < 1.29 is 14.4 Å². The Morgan fingerprint density at radius 3 is 2.68 bits per heavy atom. The second kappa shape index (κ2) is 7.91. The van der Waals surface area contributed by atoms with E-state index >= 15 is 0 Å². The third-order valence-corrected chi connectivity index (χ3v) is 3.23. The summed E-state index contributed by atoms with van der Waals surface area (Å²) in [5.74, 6) is 1.96. The number of aliphatic hydroxyl groups excluding tert-OH is 1. The molecule has 0 saturated heterocycles. The largest absolute Gasteiger partial charge is 0.494 e. The second-order valence-corrected chi connectivity index (χ2v) is 5.34. The molecule has 1 N–H and O–H groups in total. The zero-order valence-electron chi connectivity index (χ0n) is 13.3. The van der Waals surface area contributed by atoms with Crippen LogP contribution in [-0.2, 0) is 6.54 Å². The summed E-state index contributed by atoms with van der Waals surface area (Å²) < 4.78 is 10.7. The summed E-state index contributed by atoms with van der Waals surface area (Å²) in [4.78, 5) is 6.44. The average Bonchev–Trinajstić information content (AvgIpc) is 2.95. The standard InChI is InChI=1S/C16H23N3O3/c1-4-21-14-7-5-13(6-8-14)16-17-15(22-18-16)11-19(3)10-9-12(2)20/h5-8,12,20H,4,9-11H2,1-3H3. The Balaban J connectivity index is 1.95. The summed E-state index contributed by atoms with van der Waals surface area (Å²) in [5.41, 5.74) is 0.894. The normalized spacial score (nSPS) is 12.6. The average molecular weight is 305 g/mol. The number of ether oxygens (including phenoxy) is 1. The number of hydrogen-bond donors (Lipinski definition) is 1. The van der Waals surface area contributed by atoms with E-state index < -0.39 is 0 Å². The van der Waals surface area contributed by atoms with Crippen LogP contribution in [0.3, 0.4) is 0 Å². The molecule has 0 spiro atoms. The van der Waals surface area contributed by atoms with Gasteiger partial charge in [0.25, 0.3) is 0 Å². The predicted molar refractivity (Wildman–Crippen MR) is 83.5 cm³/mol. The Morgan fingerprint density at radius 2 is 2.05 bits per heavy atom. The summed E-state index contributed by atoms with van der Waals surface area (Å²) >= 11 is 0. The van der Waals surface area contributed by atoms with Crippen molar-refractivity contribution in [3.63, 3.8) is 0 Å². The zero-order valence-corrected chi connectivity index (χ0v) is 13.3. The van der Waals surface area contributed by atoms with Gasteiger partial charge in [-0.2, -0.15) is 4.98 Å². The second-order valence-electron chi connectivity index (χ2n) is 5.34. The fourth-order valence-electron chi connectivity index (χ4n) is 2.02. The molecule has 1 heterocycles. The molecule has 22 heavy (non-hydrogen) atoms. The van der Waals surface area contributed by atoms with Gasteiger partial charge in [-0.3, -0.25) is 4.90 Å². The molecule has 2 aromatic rings. The van der Waals surface area contributed by atoms with Crippen molar-refractivity contribution in [1.29, 1.82) is 0 Å². The number of rotatable bonds is 8. The van der Waals surface area contributed by atoms with Gasteiger partial charge in [0.05, 0.1) is 19.3 Å². The van der Waals surface area contributed by atoms with Crippen LogP contribution in [0.4, 0.5) is 0 Å². The maximum Gasteiger partial charge on any atom is 0.241 e. The molecule has 0 aliphatic rings. The van der Waals surface area contributed by atoms with Gasteiger partial charge < -0.3 is 14.4 Å². The molecule has 1 atom stereocenters. The first-order valence-electron chi connectivity index (χ1n) is 7.51. The highest BCUT2D eigenvalue weighted by Gasteiger charge is 2.11. The van der Waals surface area contributed by atoms with Gasteiger partial charge in [-0.15, -0.1) is 0 Å². The van der Waals surface area contributed by atoms with Crippen molar-refractivity contribution in [3.8, 4) is 17.1 Å². The Bertz CT molecular complexity index is 566. The molecule has 0 radical (unpaired) electrons. The van der Waals surface area contributed by atoms with Crippen molar-refractivity contribution >= 4 is 0 Å². The van der Waals surface area contributed by atoms with Gasteiger partial charge in [0.15, 0.2) is 0 Å². The van der Waals surface area contributed by atoms with E-state index in [9.17, 15) is 5.11 Å². The van der Waals surface area contributed by atoms with Crippen LogP contribution in [0, 0.1) is 0 Å². The van der Waals surface area contributed by atoms with E-state index in [-0.39, 0.29) is 6.10 Å². The maximum absolute atomic E-state index is 9.29. The Kier molecular flexibility index (Phi) is 5.91. The van der Waals surface area contributed by atoms with E-state index in [1.54, 1.807) is 6.92 Å². The molecule has 1 unspecified atom stereocenters. The van der Waals surface area contributed by atoms with Gasteiger partial charge in [-0.25, -0.2) is 0 Å². The fraction of sp³-hybridized carbons (Fsp3) is 0.500. The van der Waals surface area contributed by atoms with Crippen LogP contribution in [0.1, 0.15) is 26.2 Å². The lowest BCUT2D eigenvalue weighted by molar-refractivity contribution is 0.158. The summed E-state index contributed by atoms with van der Waals surface area (Å²) in [6.45, 7) is 5.72. The molecular weight excluding hydrogens is 282 g/mol. The minimum absolute atomic E-state index is 0.301. The number of nitrogens with zero attached hydrogens (tertiary/aromatic N) is 3. The van der Waals surface area contributed by atoms with E-state index in [1.807, 2.05) is 43.1 Å². The summed E-state index contributed by atoms with van der Waals surface area (Å²) in [7, 11) is 1.96. The van der Waals surface area contributed by atoms with Gasteiger partial charge in [0.1, 0.15) is 5.75 Å². The van der Waals surface area contributed by atoms with Crippen molar-refractivity contribution in [2.75, 3.05) is 20.2 Å². The van der Waals surface area contributed by atoms with E-state index in [4.69, 9.17) is 9.26 Å². The number of benzene rings is 1. The van der Waals surface area contributed by atoms with Crippen molar-refractivity contribution in [1.82, 2.24) is 15.0 Å². The smallest absolute Gasteiger partial charge is 0.241 e. The van der Waals surface area contributed by atoms with Crippen LogP contribution in [0.2, 0.25) is 0 Å². The van der Waals surface area contributed by atoms with Crippen molar-refractivity contribution in [2.45, 2.75) is 32.9 Å². The molecule has 0 saturated carbocycles. The molecular formula is C16H23N3O3. The highest BCUT2D eigenvalue weighted by molar-refractivity contribution is 5.55. The topological polar surface area (TPSA) is 71.6 Å². The molecule has 1 aromatic heterocycles. The van der Waals surface area contributed by atoms with Gasteiger partial charge in [-0.05, 0) is 51.6 Å². The third-order valence-electron chi connectivity index (χ3n) is 3.23. The Morgan fingerprint density at radius 1 is 1.32 bits per heavy atom. The predicted octanol–water partition coefficient (Wildman–Crippen LogP) is 2.34. The van der Waals surface area contributed by atoms with E-state index in [0.29, 0.717) is 24.9 Å². The Hall–Kier alpha value is -1.92. The molecule has 0 aliphatic heterocycles. The molecule has 0 amide bonds. The van der Waals surface area contributed by atoms with Crippen LogP contribution >= 0.6 is 0 Å². The number of aromatic nitrogens is 2. The SMILES string of the molecule is CCOc1ccc(-c2noc(CN(C)CCC(C)O)n2)cc1. The van der Waals surface area contributed by atoms with Gasteiger partial charge >= 0.3 is 0 Å². The lowest BCUT2D eigenvalue weighted by Crippen LogP contribution is -2.22. The first kappa shape index (κ1) is 16.5. The molecule has 0 bridgehead atoms. The molecule has 0 fully saturated rings. The number of hydrogen-bond acceptors (Lipinski definition) is 6. The molecule has 0 aliphatic carbocycles. The van der Waals surface area contributed by atoms with Crippen LogP contribution in [0.25, 0.3) is 11.4 Å². The van der Waals surface area contributed by atoms with Gasteiger partial charge in [0.2, 0.25) is 11.7 Å². The zero-order chi connectivity index (χ0) is 15.9. The lowest BCUT2D eigenvalue weighted by Gasteiger charge is -2.14. The highest BCUT2D eigenvalue weighted by Crippen LogP contribution is 2.20. The van der Waals surface area contributed by atoms with Crippen molar-refractivity contribution in [2.24, 2.45) is 0 Å². The van der Waals surface area contributed by atoms with Gasteiger partial charge in [-0.1, -0.05) is 5.16 Å². The summed E-state index contributed by atoms with van der Waals surface area (Å²) in [5, 5.41) is 13.3. The Labute approximate surface area is 130 Å². The fourth-order valence-corrected chi connectivity index (χ4v) is 2.02. The first-order valence-corrected chi connectivity index (χ1v) is 7.51. The van der Waals surface area contributed by atoms with Crippen molar-refractivity contribution in [3.05, 3.63) is 30.2 Å². The van der Waals surface area contributed by atoms with E-state index in [1.165, 1.54) is 0 Å². The van der Waals surface area contributed by atoms with Crippen LogP contribution in [0.15, 0.2) is 28.8 Å². The number of aliphatic hydroxyl groups is 1. The monoisotopic (exact) mass is 305 g/mol. The molecule has 6 heteroatoms. The minimum Gasteiger partial charge on any atom is -0.494 e. The molecule has 2 rings (SSSR count). The van der Waals surface area contributed by atoms with Crippen LogP contribution in [-0.4, -0.2) is 46.5 Å². The van der Waals surface area contributed by atoms with Gasteiger partial charge in [0, 0.05) is 12.1 Å². The molecule has 1 aromatic carbocycles. The van der Waals surface area contributed by atoms with Crippen LogP contribution in [0.5, 0.6) is 5.75 Å². The summed E-state index contributed by atoms with van der Waals surface area (Å²) in [6.07, 6.45) is 0.417. The minimum atomic E-state index is -0.301. The van der Waals surface area contributed by atoms with E-state index in [2.05, 4.69) is 10.1 Å².